The summed E-state index contributed by atoms with van der Waals surface area (Å²) in [4.78, 5) is 16.4. The molecule has 0 unspecified atom stereocenters. The van der Waals surface area contributed by atoms with E-state index in [-0.39, 0.29) is 16.4 Å². The van der Waals surface area contributed by atoms with E-state index in [1.807, 2.05) is 11.4 Å². The number of nitrogens with zero attached hydrogens (tertiary/aromatic N) is 3. The van der Waals surface area contributed by atoms with E-state index in [2.05, 4.69) is 4.57 Å². The first kappa shape index (κ1) is 18.6. The van der Waals surface area contributed by atoms with Crippen LogP contribution in [0.25, 0.3) is 11.3 Å². The molecule has 1 aliphatic rings. The van der Waals surface area contributed by atoms with Crippen LogP contribution >= 0.6 is 11.3 Å². The van der Waals surface area contributed by atoms with Gasteiger partial charge in [0, 0.05) is 29.1 Å². The fraction of sp³-hybridized carbons (Fsp3) is 0.286. The van der Waals surface area contributed by atoms with E-state index in [1.165, 1.54) is 36.0 Å². The maximum absolute atomic E-state index is 13.2. The predicted molar refractivity (Wildman–Crippen MR) is 108 cm³/mol. The first-order chi connectivity index (χ1) is 13.6. The van der Waals surface area contributed by atoms with Crippen molar-refractivity contribution in [1.29, 1.82) is 0 Å². The highest BCUT2D eigenvalue weighted by atomic mass is 32.1. The highest BCUT2D eigenvalue weighted by Gasteiger charge is 2.21. The minimum Gasteiger partial charge on any atom is -0.313 e. The molecule has 1 heterocycles. The molecule has 5 nitrogen and oxygen atoms in total. The second kappa shape index (κ2) is 8.06. The maximum Gasteiger partial charge on any atom is 0.270 e. The molecule has 144 valence electrons. The molecule has 4 rings (SSSR count). The smallest absolute Gasteiger partial charge is 0.270 e. The summed E-state index contributed by atoms with van der Waals surface area (Å²) in [6, 6.07) is 13.2. The molecule has 0 spiro atoms. The zero-order chi connectivity index (χ0) is 19.5. The largest absolute Gasteiger partial charge is 0.313 e. The van der Waals surface area contributed by atoms with Crippen LogP contribution < -0.4 is 4.80 Å². The zero-order valence-corrected chi connectivity index (χ0v) is 16.1. The Kier molecular flexibility index (Phi) is 5.34. The van der Waals surface area contributed by atoms with Gasteiger partial charge in [-0.2, -0.15) is 0 Å². The van der Waals surface area contributed by atoms with Gasteiger partial charge in [0.05, 0.1) is 16.3 Å². The number of rotatable bonds is 4. The Morgan fingerprint density at radius 3 is 2.57 bits per heavy atom. The fourth-order valence-corrected chi connectivity index (χ4v) is 4.70. The van der Waals surface area contributed by atoms with Crippen LogP contribution in [0.1, 0.15) is 38.1 Å². The Morgan fingerprint density at radius 1 is 1.11 bits per heavy atom. The Morgan fingerprint density at radius 2 is 1.86 bits per heavy atom. The van der Waals surface area contributed by atoms with Gasteiger partial charge in [0.15, 0.2) is 4.80 Å². The molecule has 0 atom stereocenters. The van der Waals surface area contributed by atoms with Gasteiger partial charge in [-0.1, -0.05) is 31.4 Å². The molecule has 0 bridgehead atoms. The van der Waals surface area contributed by atoms with Gasteiger partial charge in [0.2, 0.25) is 0 Å². The van der Waals surface area contributed by atoms with Crippen molar-refractivity contribution in [2.45, 2.75) is 38.1 Å². The van der Waals surface area contributed by atoms with Crippen LogP contribution in [0.15, 0.2) is 58.9 Å². The quantitative estimate of drug-likeness (QED) is 0.400. The molecule has 1 aliphatic carbocycles. The second-order valence-corrected chi connectivity index (χ2v) is 7.80. The first-order valence-electron chi connectivity index (χ1n) is 9.37. The second-order valence-electron chi connectivity index (χ2n) is 6.96. The number of thiazole rings is 1. The van der Waals surface area contributed by atoms with Gasteiger partial charge in [0.25, 0.3) is 5.69 Å². The van der Waals surface area contributed by atoms with Gasteiger partial charge in [-0.15, -0.1) is 11.3 Å². The normalized spacial score (nSPS) is 15.7. The fourth-order valence-electron chi connectivity index (χ4n) is 3.71. The van der Waals surface area contributed by atoms with Gasteiger partial charge in [-0.25, -0.2) is 9.38 Å². The summed E-state index contributed by atoms with van der Waals surface area (Å²) in [5, 5.41) is 13.2. The van der Waals surface area contributed by atoms with Crippen molar-refractivity contribution in [3.63, 3.8) is 0 Å². The van der Waals surface area contributed by atoms with E-state index in [0.717, 1.165) is 41.7 Å². The van der Waals surface area contributed by atoms with Gasteiger partial charge < -0.3 is 4.57 Å². The lowest BCUT2D eigenvalue weighted by Gasteiger charge is -2.25. The van der Waals surface area contributed by atoms with Crippen molar-refractivity contribution in [3.8, 4) is 11.3 Å². The lowest BCUT2D eigenvalue weighted by molar-refractivity contribution is -0.384. The van der Waals surface area contributed by atoms with E-state index in [1.54, 1.807) is 24.3 Å². The highest BCUT2D eigenvalue weighted by Crippen LogP contribution is 2.33. The molecule has 0 saturated heterocycles. The molecule has 7 heteroatoms. The Labute approximate surface area is 166 Å². The Balaban J connectivity index is 1.85. The van der Waals surface area contributed by atoms with Crippen LogP contribution in [-0.2, 0) is 0 Å². The SMILES string of the molecule is O=[N+]([O-])c1cccc(-c2csc(=Nc3ccc(F)cc3)n2C2CCCCC2)c1. The highest BCUT2D eigenvalue weighted by molar-refractivity contribution is 7.07. The van der Waals surface area contributed by atoms with Crippen LogP contribution in [0.5, 0.6) is 0 Å². The molecule has 1 fully saturated rings. The van der Waals surface area contributed by atoms with E-state index >= 15 is 0 Å². The topological polar surface area (TPSA) is 60.4 Å². The Hall–Kier alpha value is -2.80. The minimum absolute atomic E-state index is 0.0796. The summed E-state index contributed by atoms with van der Waals surface area (Å²) < 4.78 is 15.4. The summed E-state index contributed by atoms with van der Waals surface area (Å²) in [6.07, 6.45) is 5.69. The third kappa shape index (κ3) is 3.89. The van der Waals surface area contributed by atoms with E-state index in [4.69, 9.17) is 4.99 Å². The summed E-state index contributed by atoms with van der Waals surface area (Å²) in [7, 11) is 0. The average molecular weight is 397 g/mol. The number of hydrogen-bond acceptors (Lipinski definition) is 4. The third-order valence-corrected chi connectivity index (χ3v) is 5.93. The van der Waals surface area contributed by atoms with Crippen LogP contribution in [-0.4, -0.2) is 9.49 Å². The number of hydrogen-bond donors (Lipinski definition) is 0. The number of benzene rings is 2. The molecule has 0 amide bonds. The van der Waals surface area contributed by atoms with Crippen molar-refractivity contribution in [2.75, 3.05) is 0 Å². The van der Waals surface area contributed by atoms with Crippen molar-refractivity contribution in [3.05, 3.63) is 74.6 Å². The van der Waals surface area contributed by atoms with Crippen LogP contribution in [0.4, 0.5) is 15.8 Å². The van der Waals surface area contributed by atoms with E-state index in [9.17, 15) is 14.5 Å². The van der Waals surface area contributed by atoms with E-state index in [0.29, 0.717) is 11.7 Å². The van der Waals surface area contributed by atoms with Crippen LogP contribution in [0.2, 0.25) is 0 Å². The summed E-state index contributed by atoms with van der Waals surface area (Å²) >= 11 is 1.51. The van der Waals surface area contributed by atoms with Crippen molar-refractivity contribution < 1.29 is 9.31 Å². The van der Waals surface area contributed by atoms with Crippen molar-refractivity contribution in [1.82, 2.24) is 4.57 Å². The number of non-ortho nitro benzene ring substituents is 1. The number of halogens is 1. The molecule has 2 aromatic carbocycles. The van der Waals surface area contributed by atoms with Gasteiger partial charge >= 0.3 is 0 Å². The zero-order valence-electron chi connectivity index (χ0n) is 15.3. The molecule has 0 aliphatic heterocycles. The van der Waals surface area contributed by atoms with Crippen molar-refractivity contribution >= 4 is 22.7 Å². The molecule has 1 aromatic heterocycles. The molecule has 1 saturated carbocycles. The van der Waals surface area contributed by atoms with Crippen molar-refractivity contribution in [2.24, 2.45) is 4.99 Å². The summed E-state index contributed by atoms with van der Waals surface area (Å²) in [5.41, 5.74) is 2.53. The maximum atomic E-state index is 13.2. The third-order valence-electron chi connectivity index (χ3n) is 5.09. The lowest BCUT2D eigenvalue weighted by atomic mass is 9.95. The molecular formula is C21H20FN3O2S. The molecule has 0 radical (unpaired) electrons. The number of nitro benzene ring substituents is 1. The summed E-state index contributed by atoms with van der Waals surface area (Å²) in [6.45, 7) is 0. The van der Waals surface area contributed by atoms with Gasteiger partial charge in [0.1, 0.15) is 5.82 Å². The van der Waals surface area contributed by atoms with Gasteiger partial charge in [-0.05, 0) is 37.1 Å². The molecule has 3 aromatic rings. The average Bonchev–Trinajstić information content (AvgIpc) is 3.14. The number of aromatic nitrogens is 1. The number of nitro groups is 1. The first-order valence-corrected chi connectivity index (χ1v) is 10.2. The minimum atomic E-state index is -0.370. The monoisotopic (exact) mass is 397 g/mol. The lowest BCUT2D eigenvalue weighted by Crippen LogP contribution is -2.23. The molecule has 28 heavy (non-hydrogen) atoms. The molecule has 0 N–H and O–H groups in total. The van der Waals surface area contributed by atoms with Gasteiger partial charge in [-0.3, -0.25) is 10.1 Å². The summed E-state index contributed by atoms with van der Waals surface area (Å²) in [5.74, 6) is -0.289. The van der Waals surface area contributed by atoms with Crippen LogP contribution in [0, 0.1) is 15.9 Å². The Bertz CT molecular complexity index is 1050. The van der Waals surface area contributed by atoms with E-state index < -0.39 is 0 Å². The standard InChI is InChI=1S/C21H20FN3O2S/c22-16-9-11-17(12-10-16)23-21-24(18-6-2-1-3-7-18)20(14-28-21)15-5-4-8-19(13-15)25(26)27/h4-5,8-14,18H,1-3,6-7H2. The van der Waals surface area contributed by atoms with Crippen LogP contribution in [0.3, 0.4) is 0 Å². The molecular weight excluding hydrogens is 377 g/mol. The predicted octanol–water partition coefficient (Wildman–Crippen LogP) is 6.00.